The molecule has 0 radical (unpaired) electrons. The number of nitrogens with zero attached hydrogens (tertiary/aromatic N) is 1. The van der Waals surface area contributed by atoms with Gasteiger partial charge in [0.25, 0.3) is 5.91 Å². The van der Waals surface area contributed by atoms with Crippen molar-refractivity contribution >= 4 is 51.5 Å². The fourth-order valence-corrected chi connectivity index (χ4v) is 3.47. The molecular formula is C23H22BrN3O7. The quantitative estimate of drug-likeness (QED) is 0.334. The summed E-state index contributed by atoms with van der Waals surface area (Å²) in [6, 6.07) is 9.44. The van der Waals surface area contributed by atoms with E-state index < -0.39 is 37.0 Å². The summed E-state index contributed by atoms with van der Waals surface area (Å²) in [4.78, 5) is 49.1. The number of benzene rings is 2. The standard InChI is InChI=1S/C23H22BrN3O7/c1-3-33-18-9-14(16(24)10-19(18)34-12-21(29)30)8-17-22(31)27(23(32)26-17)11-20(28)25-15-6-4-13(2)5-7-15/h4-10H,3,11-12H2,1-2H3,(H,25,28)(H,26,32)(H,29,30)/b17-8+. The van der Waals surface area contributed by atoms with Gasteiger partial charge in [-0.3, -0.25) is 9.59 Å². The lowest BCUT2D eigenvalue weighted by Gasteiger charge is -2.13. The molecule has 0 spiro atoms. The minimum absolute atomic E-state index is 0.0320. The number of hydrogen-bond donors (Lipinski definition) is 3. The van der Waals surface area contributed by atoms with E-state index in [4.69, 9.17) is 14.6 Å². The maximum absolute atomic E-state index is 12.8. The third kappa shape index (κ3) is 6.13. The minimum Gasteiger partial charge on any atom is -0.490 e. The van der Waals surface area contributed by atoms with Gasteiger partial charge in [0, 0.05) is 10.2 Å². The van der Waals surface area contributed by atoms with Gasteiger partial charge in [0.15, 0.2) is 18.1 Å². The molecule has 3 N–H and O–H groups in total. The number of ether oxygens (including phenoxy) is 2. The van der Waals surface area contributed by atoms with E-state index in [0.717, 1.165) is 10.5 Å². The largest absolute Gasteiger partial charge is 0.490 e. The predicted octanol–water partition coefficient (Wildman–Crippen LogP) is 3.15. The van der Waals surface area contributed by atoms with Gasteiger partial charge >= 0.3 is 12.0 Å². The third-order valence-electron chi connectivity index (χ3n) is 4.61. The van der Waals surface area contributed by atoms with Crippen LogP contribution in [-0.4, -0.2) is 53.6 Å². The normalized spacial score (nSPS) is 14.2. The van der Waals surface area contributed by atoms with E-state index in [1.165, 1.54) is 12.1 Å². The number of carboxylic acid groups (broad SMARTS) is 1. The van der Waals surface area contributed by atoms with Gasteiger partial charge in [-0.2, -0.15) is 0 Å². The van der Waals surface area contributed by atoms with Gasteiger partial charge in [0.1, 0.15) is 12.2 Å². The molecule has 2 aromatic rings. The predicted molar refractivity (Wildman–Crippen MR) is 126 cm³/mol. The number of urea groups is 1. The number of anilines is 1. The number of aryl methyl sites for hydroxylation is 1. The highest BCUT2D eigenvalue weighted by molar-refractivity contribution is 9.10. The van der Waals surface area contributed by atoms with Gasteiger partial charge in [0.05, 0.1) is 6.61 Å². The van der Waals surface area contributed by atoms with Crippen LogP contribution in [0.25, 0.3) is 6.08 Å². The number of carbonyl (C=O) groups is 4. The minimum atomic E-state index is -1.14. The first kappa shape index (κ1) is 24.8. The Balaban J connectivity index is 1.77. The van der Waals surface area contributed by atoms with Crippen LogP contribution >= 0.6 is 15.9 Å². The lowest BCUT2D eigenvalue weighted by molar-refractivity contribution is -0.139. The molecule has 1 aliphatic heterocycles. The van der Waals surface area contributed by atoms with Crippen molar-refractivity contribution in [3.63, 3.8) is 0 Å². The first-order valence-corrected chi connectivity index (χ1v) is 11.0. The maximum Gasteiger partial charge on any atom is 0.341 e. The highest BCUT2D eigenvalue weighted by atomic mass is 79.9. The zero-order valence-corrected chi connectivity index (χ0v) is 20.0. The number of carboxylic acids is 1. The van der Waals surface area contributed by atoms with Crippen LogP contribution in [0.2, 0.25) is 0 Å². The van der Waals surface area contributed by atoms with E-state index in [-0.39, 0.29) is 17.2 Å². The maximum atomic E-state index is 12.8. The zero-order valence-electron chi connectivity index (χ0n) is 18.4. The molecule has 3 rings (SSSR count). The molecule has 1 aliphatic rings. The molecule has 10 nitrogen and oxygen atoms in total. The highest BCUT2D eigenvalue weighted by Gasteiger charge is 2.35. The molecule has 0 atom stereocenters. The van der Waals surface area contributed by atoms with E-state index in [2.05, 4.69) is 26.6 Å². The average molecular weight is 532 g/mol. The summed E-state index contributed by atoms with van der Waals surface area (Å²) in [7, 11) is 0. The first-order chi connectivity index (χ1) is 16.2. The van der Waals surface area contributed by atoms with E-state index in [1.54, 1.807) is 25.1 Å². The summed E-state index contributed by atoms with van der Waals surface area (Å²) >= 11 is 3.35. The van der Waals surface area contributed by atoms with Crippen molar-refractivity contribution in [2.75, 3.05) is 25.1 Å². The van der Waals surface area contributed by atoms with Crippen molar-refractivity contribution in [3.8, 4) is 11.5 Å². The monoisotopic (exact) mass is 531 g/mol. The van der Waals surface area contributed by atoms with Crippen LogP contribution in [0.4, 0.5) is 10.5 Å². The number of carbonyl (C=O) groups excluding carboxylic acids is 3. The van der Waals surface area contributed by atoms with Gasteiger partial charge in [-0.15, -0.1) is 0 Å². The van der Waals surface area contributed by atoms with Crippen LogP contribution in [0.3, 0.4) is 0 Å². The van der Waals surface area contributed by atoms with Crippen LogP contribution in [0, 0.1) is 6.92 Å². The topological polar surface area (TPSA) is 134 Å². The molecule has 0 aliphatic carbocycles. The molecule has 34 heavy (non-hydrogen) atoms. The summed E-state index contributed by atoms with van der Waals surface area (Å²) in [5, 5.41) is 14.0. The molecule has 0 aromatic heterocycles. The van der Waals surface area contributed by atoms with Crippen LogP contribution < -0.4 is 20.1 Å². The first-order valence-electron chi connectivity index (χ1n) is 10.2. The number of imide groups is 1. The Bertz CT molecular complexity index is 1160. The molecule has 178 valence electrons. The molecule has 4 amide bonds. The number of aliphatic carboxylic acids is 1. The van der Waals surface area contributed by atoms with Gasteiger partial charge < -0.3 is 25.2 Å². The zero-order chi connectivity index (χ0) is 24.8. The SMILES string of the molecule is CCOc1cc(/C=C2/NC(=O)N(CC(=O)Nc3ccc(C)cc3)C2=O)c(Br)cc1OCC(=O)O. The van der Waals surface area contributed by atoms with Gasteiger partial charge in [-0.05, 0) is 49.8 Å². The van der Waals surface area contributed by atoms with Crippen molar-refractivity contribution in [1.82, 2.24) is 10.2 Å². The molecule has 1 heterocycles. The molecular weight excluding hydrogens is 510 g/mol. The molecule has 11 heteroatoms. The van der Waals surface area contributed by atoms with E-state index >= 15 is 0 Å². The van der Waals surface area contributed by atoms with E-state index in [1.807, 2.05) is 19.1 Å². The van der Waals surface area contributed by atoms with Crippen molar-refractivity contribution in [2.45, 2.75) is 13.8 Å². The molecule has 1 saturated heterocycles. The lowest BCUT2D eigenvalue weighted by Crippen LogP contribution is -2.38. The van der Waals surface area contributed by atoms with Crippen molar-refractivity contribution in [1.29, 1.82) is 0 Å². The van der Waals surface area contributed by atoms with Crippen LogP contribution in [-0.2, 0) is 14.4 Å². The Morgan fingerprint density at radius 3 is 2.47 bits per heavy atom. The second-order valence-electron chi connectivity index (χ2n) is 7.23. The second kappa shape index (κ2) is 10.8. The van der Waals surface area contributed by atoms with Gasteiger partial charge in [-0.1, -0.05) is 33.6 Å². The summed E-state index contributed by atoms with van der Waals surface area (Å²) in [6.07, 6.45) is 1.42. The average Bonchev–Trinajstić information content (AvgIpc) is 3.03. The fourth-order valence-electron chi connectivity index (χ4n) is 3.03. The van der Waals surface area contributed by atoms with Gasteiger partial charge in [0.2, 0.25) is 5.91 Å². The number of hydrogen-bond acceptors (Lipinski definition) is 6. The summed E-state index contributed by atoms with van der Waals surface area (Å²) in [5.41, 5.74) is 2.02. The third-order valence-corrected chi connectivity index (χ3v) is 5.30. The Labute approximate surface area is 203 Å². The molecule has 0 unspecified atom stereocenters. The van der Waals surface area contributed by atoms with Crippen LogP contribution in [0.15, 0.2) is 46.6 Å². The van der Waals surface area contributed by atoms with Crippen molar-refractivity contribution in [2.24, 2.45) is 0 Å². The lowest BCUT2D eigenvalue weighted by atomic mass is 10.1. The molecule has 2 aromatic carbocycles. The summed E-state index contributed by atoms with van der Waals surface area (Å²) < 4.78 is 11.2. The van der Waals surface area contributed by atoms with Crippen molar-refractivity contribution in [3.05, 3.63) is 57.7 Å². The summed E-state index contributed by atoms with van der Waals surface area (Å²) in [5.74, 6) is -1.86. The summed E-state index contributed by atoms with van der Waals surface area (Å²) in [6.45, 7) is 2.95. The van der Waals surface area contributed by atoms with Crippen LogP contribution in [0.1, 0.15) is 18.1 Å². The second-order valence-corrected chi connectivity index (χ2v) is 8.08. The van der Waals surface area contributed by atoms with E-state index in [9.17, 15) is 19.2 Å². The number of rotatable bonds is 9. The number of halogens is 1. The highest BCUT2D eigenvalue weighted by Crippen LogP contribution is 2.35. The Kier molecular flexibility index (Phi) is 7.90. The van der Waals surface area contributed by atoms with E-state index in [0.29, 0.717) is 22.3 Å². The molecule has 0 bridgehead atoms. The Hall–Kier alpha value is -3.86. The molecule has 0 saturated carbocycles. The Morgan fingerprint density at radius 1 is 1.15 bits per heavy atom. The molecule has 1 fully saturated rings. The number of nitrogens with one attached hydrogen (secondary N) is 2. The smallest absolute Gasteiger partial charge is 0.341 e. The fraction of sp³-hybridized carbons (Fsp3) is 0.217. The van der Waals surface area contributed by atoms with Crippen molar-refractivity contribution < 1.29 is 33.8 Å². The Morgan fingerprint density at radius 2 is 1.82 bits per heavy atom. The van der Waals surface area contributed by atoms with Crippen LogP contribution in [0.5, 0.6) is 11.5 Å². The van der Waals surface area contributed by atoms with Gasteiger partial charge in [-0.25, -0.2) is 14.5 Å². The number of amides is 4.